The van der Waals surface area contributed by atoms with Gasteiger partial charge in [-0.3, -0.25) is 0 Å². The summed E-state index contributed by atoms with van der Waals surface area (Å²) in [5.74, 6) is 0. The summed E-state index contributed by atoms with van der Waals surface area (Å²) in [4.78, 5) is 10.3. The zero-order valence-electron chi connectivity index (χ0n) is 30.4. The van der Waals surface area contributed by atoms with Gasteiger partial charge in [-0.15, -0.1) is 0 Å². The summed E-state index contributed by atoms with van der Waals surface area (Å²) in [6, 6.07) is 62.7. The van der Waals surface area contributed by atoms with Crippen LogP contribution in [0.15, 0.2) is 180 Å². The molecule has 6 nitrogen and oxygen atoms in total. The molecule has 0 radical (unpaired) electrons. The molecule has 0 bridgehead atoms. The monoisotopic (exact) mass is 727 g/mol. The zero-order chi connectivity index (χ0) is 37.6. The minimum atomic E-state index is 0.522. The first-order valence-electron chi connectivity index (χ1n) is 19.0. The van der Waals surface area contributed by atoms with E-state index in [0.717, 1.165) is 110 Å². The van der Waals surface area contributed by atoms with Gasteiger partial charge in [-0.2, -0.15) is 5.26 Å². The molecule has 8 aromatic carbocycles. The lowest BCUT2D eigenvalue weighted by Crippen LogP contribution is -2.00. The highest BCUT2D eigenvalue weighted by Gasteiger charge is 2.28. The lowest BCUT2D eigenvalue weighted by atomic mass is 10.0. The van der Waals surface area contributed by atoms with Gasteiger partial charge in [0.05, 0.1) is 66.5 Å². The molecule has 0 saturated carbocycles. The molecule has 0 atom stereocenters. The molecule has 0 fully saturated rings. The van der Waals surface area contributed by atoms with Crippen molar-refractivity contribution in [3.63, 3.8) is 0 Å². The second kappa shape index (κ2) is 12.0. The van der Waals surface area contributed by atoms with Crippen molar-refractivity contribution >= 4 is 76.6 Å². The van der Waals surface area contributed by atoms with Crippen LogP contribution in [0.5, 0.6) is 0 Å². The Morgan fingerprint density at radius 3 is 1.74 bits per heavy atom. The first kappa shape index (κ1) is 31.4. The van der Waals surface area contributed by atoms with E-state index in [1.807, 2.05) is 60.7 Å². The highest BCUT2D eigenvalue weighted by molar-refractivity contribution is 6.39. The smallest absolute Gasteiger partial charge is 0.147 e. The van der Waals surface area contributed by atoms with Gasteiger partial charge < -0.3 is 13.6 Å². The molecule has 0 aliphatic heterocycles. The van der Waals surface area contributed by atoms with Crippen molar-refractivity contribution in [2.45, 2.75) is 0 Å². The Balaban J connectivity index is 1.24. The maximum absolute atomic E-state index is 11.1. The summed E-state index contributed by atoms with van der Waals surface area (Å²) >= 11 is 0. The van der Waals surface area contributed by atoms with Gasteiger partial charge in [0, 0.05) is 38.4 Å². The number of rotatable bonds is 4. The number of fused-ring (bicyclic) bond motifs is 13. The summed E-state index contributed by atoms with van der Waals surface area (Å²) in [5.41, 5.74) is 13.0. The fourth-order valence-corrected chi connectivity index (χ4v) is 8.94. The summed E-state index contributed by atoms with van der Waals surface area (Å²) < 4.78 is 11.6. The van der Waals surface area contributed by atoms with E-state index in [1.165, 1.54) is 0 Å². The Labute approximate surface area is 325 Å². The van der Waals surface area contributed by atoms with Crippen molar-refractivity contribution in [2.24, 2.45) is 0 Å². The third-order valence-electron chi connectivity index (χ3n) is 11.3. The Morgan fingerprint density at radius 2 is 1.02 bits per heavy atom. The second-order valence-electron chi connectivity index (χ2n) is 14.4. The highest BCUT2D eigenvalue weighted by atomic mass is 16.3. The normalized spacial score (nSPS) is 11.8. The molecule has 4 heterocycles. The molecule has 0 spiro atoms. The van der Waals surface area contributed by atoms with Gasteiger partial charge in [0.15, 0.2) is 0 Å². The Bertz CT molecular complexity index is 3640. The summed E-state index contributed by atoms with van der Waals surface area (Å²) in [7, 11) is 0. The minimum absolute atomic E-state index is 0.522. The maximum Gasteiger partial charge on any atom is 0.147 e. The van der Waals surface area contributed by atoms with Crippen LogP contribution in [0.2, 0.25) is 0 Å². The number of nitrogens with zero attached hydrogens (tertiary/aromatic N) is 5. The molecule has 6 heteroatoms. The number of nitriles is 1. The molecule has 57 heavy (non-hydrogen) atoms. The molecule has 0 aliphatic rings. The van der Waals surface area contributed by atoms with E-state index in [1.54, 1.807) is 0 Å². The molecule has 4 aromatic heterocycles. The van der Waals surface area contributed by atoms with Gasteiger partial charge in [0.1, 0.15) is 17.2 Å². The van der Waals surface area contributed by atoms with Crippen molar-refractivity contribution in [1.29, 1.82) is 5.26 Å². The van der Waals surface area contributed by atoms with Gasteiger partial charge >= 0.3 is 0 Å². The van der Waals surface area contributed by atoms with E-state index in [9.17, 15) is 5.26 Å². The minimum Gasteiger partial charge on any atom is -0.455 e. The number of hydrogen-bond donors (Lipinski definition) is 0. The molecule has 0 unspecified atom stereocenters. The number of furan rings is 1. The predicted octanol–water partition coefficient (Wildman–Crippen LogP) is 12.9. The van der Waals surface area contributed by atoms with E-state index in [-0.39, 0.29) is 0 Å². The number of para-hydroxylation sites is 6. The highest BCUT2D eigenvalue weighted by Crippen LogP contribution is 2.49. The summed E-state index contributed by atoms with van der Waals surface area (Å²) in [6.45, 7) is 0. The molecule has 0 aliphatic carbocycles. The lowest BCUT2D eigenvalue weighted by Gasteiger charge is -2.15. The SMILES string of the molecule is N#Cc1cc(-c2nc3ccccc3nc2-c2ccccc2)ccc1-n1c2ccccc2c2c3oc4ccccc4c3c3c(c4ccccc4n3-c3ccccc3)c21. The average Bonchev–Trinajstić information content (AvgIpc) is 3.94. The van der Waals surface area contributed by atoms with Crippen LogP contribution in [0, 0.1) is 11.3 Å². The van der Waals surface area contributed by atoms with Crippen molar-refractivity contribution in [3.05, 3.63) is 181 Å². The fraction of sp³-hybridized carbons (Fsp3) is 0. The summed E-state index contributed by atoms with van der Waals surface area (Å²) in [5, 5.41) is 17.5. The third-order valence-corrected chi connectivity index (χ3v) is 11.3. The van der Waals surface area contributed by atoms with Crippen LogP contribution in [0.25, 0.3) is 110 Å². The van der Waals surface area contributed by atoms with Crippen molar-refractivity contribution < 1.29 is 4.42 Å². The van der Waals surface area contributed by atoms with Crippen molar-refractivity contribution in [3.8, 4) is 40.0 Å². The van der Waals surface area contributed by atoms with Crippen LogP contribution in [0.1, 0.15) is 5.56 Å². The number of benzene rings is 8. The fourth-order valence-electron chi connectivity index (χ4n) is 8.94. The van der Waals surface area contributed by atoms with Gasteiger partial charge in [0.25, 0.3) is 0 Å². The molecule has 0 amide bonds. The topological polar surface area (TPSA) is 72.6 Å². The largest absolute Gasteiger partial charge is 0.455 e. The van der Waals surface area contributed by atoms with E-state index >= 15 is 0 Å². The Morgan fingerprint density at radius 1 is 0.474 bits per heavy atom. The maximum atomic E-state index is 11.1. The predicted molar refractivity (Wildman–Crippen MR) is 231 cm³/mol. The van der Waals surface area contributed by atoms with E-state index < -0.39 is 0 Å². The van der Waals surface area contributed by atoms with Gasteiger partial charge in [-0.1, -0.05) is 121 Å². The Kier molecular flexibility index (Phi) is 6.60. The van der Waals surface area contributed by atoms with Crippen LogP contribution >= 0.6 is 0 Å². The van der Waals surface area contributed by atoms with Crippen LogP contribution in [0.4, 0.5) is 0 Å². The van der Waals surface area contributed by atoms with E-state index in [2.05, 4.69) is 130 Å². The van der Waals surface area contributed by atoms with Crippen LogP contribution in [-0.4, -0.2) is 19.1 Å². The van der Waals surface area contributed by atoms with Crippen LogP contribution < -0.4 is 0 Å². The average molecular weight is 728 g/mol. The lowest BCUT2D eigenvalue weighted by molar-refractivity contribution is 0.673. The molecule has 0 saturated heterocycles. The molecule has 12 aromatic rings. The first-order chi connectivity index (χ1) is 28.3. The van der Waals surface area contributed by atoms with Crippen molar-refractivity contribution in [1.82, 2.24) is 19.1 Å². The second-order valence-corrected chi connectivity index (χ2v) is 14.4. The number of aromatic nitrogens is 4. The molecule has 264 valence electrons. The van der Waals surface area contributed by atoms with E-state index in [4.69, 9.17) is 14.4 Å². The van der Waals surface area contributed by atoms with Gasteiger partial charge in [-0.25, -0.2) is 9.97 Å². The molecular formula is C51H29N5O. The van der Waals surface area contributed by atoms with Crippen molar-refractivity contribution in [2.75, 3.05) is 0 Å². The number of hydrogen-bond acceptors (Lipinski definition) is 4. The summed E-state index contributed by atoms with van der Waals surface area (Å²) in [6.07, 6.45) is 0. The van der Waals surface area contributed by atoms with Crippen LogP contribution in [0.3, 0.4) is 0 Å². The first-order valence-corrected chi connectivity index (χ1v) is 19.0. The quantitative estimate of drug-likeness (QED) is 0.181. The molecular weight excluding hydrogens is 699 g/mol. The molecule has 12 rings (SSSR count). The van der Waals surface area contributed by atoms with Gasteiger partial charge in [0.2, 0.25) is 0 Å². The van der Waals surface area contributed by atoms with Gasteiger partial charge in [-0.05, 0) is 54.6 Å². The standard InChI is InChI=1S/C51H29N5O/c52-30-33-29-32(48-47(31-15-3-1-4-16-31)53-38-22-10-11-23-39(38)54-48)27-28-40(33)56-42-25-13-8-20-36(42)45-50(56)44-35-19-7-12-24-41(35)55(34-17-5-2-6-18-34)49(44)46-37-21-9-14-26-43(37)57-51(45)46/h1-29H. The zero-order valence-corrected chi connectivity index (χ0v) is 30.4. The van der Waals surface area contributed by atoms with Crippen LogP contribution in [-0.2, 0) is 0 Å². The third kappa shape index (κ3) is 4.45. The molecule has 0 N–H and O–H groups in total. The van der Waals surface area contributed by atoms with E-state index in [0.29, 0.717) is 5.56 Å². The Hall–Kier alpha value is -8.01.